The summed E-state index contributed by atoms with van der Waals surface area (Å²) in [4.78, 5) is 34.0. The normalized spacial score (nSPS) is 28.8. The summed E-state index contributed by atoms with van der Waals surface area (Å²) in [5, 5.41) is 28.0. The molecule has 3 atom stereocenters. The van der Waals surface area contributed by atoms with Gasteiger partial charge in [0.2, 0.25) is 0 Å². The molecule has 10 nitrogen and oxygen atoms in total. The van der Waals surface area contributed by atoms with Crippen LogP contribution in [0, 0.1) is 5.41 Å². The fourth-order valence-corrected chi connectivity index (χ4v) is 3.32. The zero-order valence-corrected chi connectivity index (χ0v) is 17.3. The number of nitrogens with one attached hydrogen (secondary N) is 1. The van der Waals surface area contributed by atoms with Crippen LogP contribution in [-0.4, -0.2) is 100 Å². The lowest BCUT2D eigenvalue weighted by atomic mass is 9.72. The molecule has 10 heteroatoms. The van der Waals surface area contributed by atoms with Crippen molar-refractivity contribution in [1.82, 2.24) is 15.1 Å². The smallest absolute Gasteiger partial charge is 0.414 e. The van der Waals surface area contributed by atoms with E-state index in [4.69, 9.17) is 24.5 Å². The van der Waals surface area contributed by atoms with Crippen LogP contribution in [0.5, 0.6) is 0 Å². The highest BCUT2D eigenvalue weighted by atomic mass is 16.5. The minimum Gasteiger partial charge on any atom is -0.473 e. The van der Waals surface area contributed by atoms with Gasteiger partial charge in [-0.3, -0.25) is 9.80 Å². The lowest BCUT2D eigenvalue weighted by Gasteiger charge is -2.54. The molecular weight excluding hydrogens is 370 g/mol. The summed E-state index contributed by atoms with van der Waals surface area (Å²) in [5.74, 6) is -3.65. The average Bonchev–Trinajstić information content (AvgIpc) is 2.58. The Labute approximate surface area is 165 Å². The number of nitrogens with zero attached hydrogens (tertiary/aromatic N) is 2. The van der Waals surface area contributed by atoms with Crippen LogP contribution in [0.4, 0.5) is 4.79 Å². The van der Waals surface area contributed by atoms with Crippen molar-refractivity contribution in [2.24, 2.45) is 5.41 Å². The second kappa shape index (κ2) is 9.53. The van der Waals surface area contributed by atoms with Gasteiger partial charge in [-0.2, -0.15) is 0 Å². The van der Waals surface area contributed by atoms with E-state index in [-0.39, 0.29) is 11.5 Å². The molecule has 2 aliphatic rings. The van der Waals surface area contributed by atoms with E-state index < -0.39 is 23.6 Å². The van der Waals surface area contributed by atoms with Gasteiger partial charge in [0.25, 0.3) is 0 Å². The Morgan fingerprint density at radius 3 is 2.18 bits per heavy atom. The van der Waals surface area contributed by atoms with Crippen LogP contribution in [0.25, 0.3) is 0 Å². The summed E-state index contributed by atoms with van der Waals surface area (Å²) in [6, 6.07) is 0.567. The first-order valence-corrected chi connectivity index (χ1v) is 9.31. The van der Waals surface area contributed by atoms with Gasteiger partial charge in [0, 0.05) is 38.3 Å². The molecule has 1 unspecified atom stereocenters. The summed E-state index contributed by atoms with van der Waals surface area (Å²) in [6.45, 7) is 15.1. The highest BCUT2D eigenvalue weighted by Crippen LogP contribution is 2.37. The largest absolute Gasteiger partial charge is 0.473 e. The number of ether oxygens (including phenoxy) is 1. The van der Waals surface area contributed by atoms with Gasteiger partial charge < -0.3 is 25.4 Å². The Balaban J connectivity index is 0.000000568. The molecule has 0 aromatic carbocycles. The molecule has 1 amide bonds. The highest BCUT2D eigenvalue weighted by Gasteiger charge is 2.48. The number of carboxylic acid groups (broad SMARTS) is 3. The van der Waals surface area contributed by atoms with Crippen molar-refractivity contribution in [1.29, 1.82) is 0 Å². The Bertz CT molecular complexity index is 566. The van der Waals surface area contributed by atoms with E-state index >= 15 is 0 Å². The van der Waals surface area contributed by atoms with E-state index in [9.17, 15) is 9.90 Å². The predicted octanol–water partition coefficient (Wildman–Crippen LogP) is 0.619. The number of piperazine rings is 1. The number of hydrogen-bond acceptors (Lipinski definition) is 6. The molecule has 2 aliphatic heterocycles. The SMILES string of the molecule is CC1COCCN1C[C@H]1CN(C(=O)O)[C@](C)(C(C)(C)C)CN1.O=C(O)C(=O)O. The van der Waals surface area contributed by atoms with E-state index in [2.05, 4.69) is 37.9 Å². The maximum absolute atomic E-state index is 11.8. The van der Waals surface area contributed by atoms with Gasteiger partial charge in [-0.15, -0.1) is 0 Å². The Hall–Kier alpha value is -1.91. The van der Waals surface area contributed by atoms with Crippen molar-refractivity contribution < 1.29 is 34.4 Å². The lowest BCUT2D eigenvalue weighted by Crippen LogP contribution is -2.70. The molecule has 0 bridgehead atoms. The van der Waals surface area contributed by atoms with E-state index in [1.165, 1.54) is 0 Å². The number of amides is 1. The third kappa shape index (κ3) is 6.05. The number of aliphatic carboxylic acids is 2. The van der Waals surface area contributed by atoms with Gasteiger partial charge >= 0.3 is 18.0 Å². The molecule has 0 aliphatic carbocycles. The van der Waals surface area contributed by atoms with Gasteiger partial charge in [0.1, 0.15) is 0 Å². The summed E-state index contributed by atoms with van der Waals surface area (Å²) in [6.07, 6.45) is -0.820. The molecular formula is C18H33N3O7. The van der Waals surface area contributed by atoms with Crippen LogP contribution < -0.4 is 5.32 Å². The van der Waals surface area contributed by atoms with Crippen LogP contribution in [0.3, 0.4) is 0 Å². The summed E-state index contributed by atoms with van der Waals surface area (Å²) < 4.78 is 5.47. The third-order valence-corrected chi connectivity index (χ3v) is 5.72. The molecule has 162 valence electrons. The molecule has 4 N–H and O–H groups in total. The van der Waals surface area contributed by atoms with Crippen molar-refractivity contribution in [3.8, 4) is 0 Å². The first-order chi connectivity index (χ1) is 12.8. The van der Waals surface area contributed by atoms with Crippen LogP contribution in [-0.2, 0) is 14.3 Å². The maximum Gasteiger partial charge on any atom is 0.414 e. The number of carbonyl (C=O) groups is 3. The zero-order valence-electron chi connectivity index (χ0n) is 17.3. The summed E-state index contributed by atoms with van der Waals surface area (Å²) in [5.41, 5.74) is -0.512. The Kier molecular flexibility index (Phi) is 8.21. The molecule has 0 aromatic heterocycles. The topological polar surface area (TPSA) is 140 Å². The van der Waals surface area contributed by atoms with E-state index in [0.29, 0.717) is 19.1 Å². The number of hydrogen-bond donors (Lipinski definition) is 4. The van der Waals surface area contributed by atoms with Crippen LogP contribution in [0.1, 0.15) is 34.6 Å². The number of carboxylic acids is 2. The minimum absolute atomic E-state index is 0.115. The zero-order chi connectivity index (χ0) is 21.7. The second-order valence-corrected chi connectivity index (χ2v) is 8.52. The fraction of sp³-hybridized carbons (Fsp3) is 0.833. The molecule has 2 heterocycles. The standard InChI is InChI=1S/C16H31N3O3.C2H2O4/c1-12-10-22-7-6-18(12)8-13-9-19(14(20)21)16(5,11-17-13)15(2,3)4;3-1(4)2(5)6/h12-13,17H,6-11H2,1-5H3,(H,20,21);(H,3,4)(H,5,6)/t12?,13-,16-;/m0./s1. The van der Waals surface area contributed by atoms with Gasteiger partial charge in [-0.05, 0) is 19.3 Å². The summed E-state index contributed by atoms with van der Waals surface area (Å²) >= 11 is 0. The highest BCUT2D eigenvalue weighted by molar-refractivity contribution is 6.27. The molecule has 0 aromatic rings. The average molecular weight is 403 g/mol. The van der Waals surface area contributed by atoms with Crippen molar-refractivity contribution >= 4 is 18.0 Å². The quantitative estimate of drug-likeness (QED) is 0.488. The number of morpholine rings is 1. The van der Waals surface area contributed by atoms with E-state index in [0.717, 1.165) is 26.3 Å². The fourth-order valence-electron chi connectivity index (χ4n) is 3.32. The lowest BCUT2D eigenvalue weighted by molar-refractivity contribution is -0.159. The summed E-state index contributed by atoms with van der Waals surface area (Å²) in [7, 11) is 0. The molecule has 2 rings (SSSR count). The minimum atomic E-state index is -1.82. The third-order valence-electron chi connectivity index (χ3n) is 5.72. The van der Waals surface area contributed by atoms with Gasteiger partial charge in [0.15, 0.2) is 0 Å². The Morgan fingerprint density at radius 1 is 1.18 bits per heavy atom. The molecule has 0 radical (unpaired) electrons. The van der Waals surface area contributed by atoms with Crippen molar-refractivity contribution in [2.45, 2.75) is 52.2 Å². The van der Waals surface area contributed by atoms with Crippen molar-refractivity contribution in [3.05, 3.63) is 0 Å². The van der Waals surface area contributed by atoms with Gasteiger partial charge in [-0.25, -0.2) is 14.4 Å². The molecule has 2 fully saturated rings. The van der Waals surface area contributed by atoms with Crippen LogP contribution >= 0.6 is 0 Å². The van der Waals surface area contributed by atoms with Crippen molar-refractivity contribution in [3.63, 3.8) is 0 Å². The number of rotatable bonds is 2. The van der Waals surface area contributed by atoms with Crippen LogP contribution in [0.2, 0.25) is 0 Å². The predicted molar refractivity (Wildman–Crippen MR) is 102 cm³/mol. The first-order valence-electron chi connectivity index (χ1n) is 9.31. The molecule has 0 spiro atoms. The van der Waals surface area contributed by atoms with Crippen LogP contribution in [0.15, 0.2) is 0 Å². The van der Waals surface area contributed by atoms with E-state index in [1.807, 2.05) is 6.92 Å². The Morgan fingerprint density at radius 2 is 1.75 bits per heavy atom. The molecule has 2 saturated heterocycles. The van der Waals surface area contributed by atoms with E-state index in [1.54, 1.807) is 4.90 Å². The van der Waals surface area contributed by atoms with Crippen molar-refractivity contribution in [2.75, 3.05) is 39.4 Å². The van der Waals surface area contributed by atoms with Gasteiger partial charge in [-0.1, -0.05) is 20.8 Å². The molecule has 0 saturated carbocycles. The maximum atomic E-state index is 11.8. The van der Waals surface area contributed by atoms with Gasteiger partial charge in [0.05, 0.1) is 18.8 Å². The second-order valence-electron chi connectivity index (χ2n) is 8.52. The first kappa shape index (κ1) is 24.1. The monoisotopic (exact) mass is 403 g/mol. The molecule has 28 heavy (non-hydrogen) atoms.